The first-order valence-electron chi connectivity index (χ1n) is 5.65. The van der Waals surface area contributed by atoms with Crippen molar-refractivity contribution in [2.75, 3.05) is 13.6 Å². The van der Waals surface area contributed by atoms with Gasteiger partial charge in [0.1, 0.15) is 5.84 Å². The van der Waals surface area contributed by atoms with Gasteiger partial charge in [-0.25, -0.2) is 0 Å². The number of oxime groups is 1. The Bertz CT molecular complexity index is 515. The number of carbonyl (C=O) groups is 1. The molecule has 1 rings (SSSR count). The van der Waals surface area contributed by atoms with Crippen LogP contribution in [0.15, 0.2) is 29.4 Å². The Morgan fingerprint density at radius 2 is 2.00 bits per heavy atom. The first kappa shape index (κ1) is 15.8. The van der Waals surface area contributed by atoms with Gasteiger partial charge in [0.2, 0.25) is 0 Å². The maximum Gasteiger partial charge on any atom is 0.417 e. The molecular weight excluding hydrogens is 275 g/mol. The first-order valence-corrected chi connectivity index (χ1v) is 5.65. The van der Waals surface area contributed by atoms with Gasteiger partial charge in [0, 0.05) is 20.0 Å². The molecule has 8 heteroatoms. The summed E-state index contributed by atoms with van der Waals surface area (Å²) in [5.41, 5.74) is 3.83. The third-order valence-electron chi connectivity index (χ3n) is 2.64. The molecule has 0 unspecified atom stereocenters. The highest BCUT2D eigenvalue weighted by molar-refractivity contribution is 5.96. The van der Waals surface area contributed by atoms with Gasteiger partial charge in [-0.2, -0.15) is 13.2 Å². The van der Waals surface area contributed by atoms with Crippen LogP contribution in [0.1, 0.15) is 22.3 Å². The number of rotatable bonds is 4. The molecule has 0 fully saturated rings. The van der Waals surface area contributed by atoms with Crippen LogP contribution in [-0.4, -0.2) is 35.4 Å². The monoisotopic (exact) mass is 289 g/mol. The van der Waals surface area contributed by atoms with E-state index < -0.39 is 23.2 Å². The van der Waals surface area contributed by atoms with Gasteiger partial charge in [0.05, 0.1) is 11.1 Å². The Morgan fingerprint density at radius 3 is 2.55 bits per heavy atom. The summed E-state index contributed by atoms with van der Waals surface area (Å²) in [7, 11) is 1.35. The maximum atomic E-state index is 12.8. The summed E-state index contributed by atoms with van der Waals surface area (Å²) in [5, 5.41) is 11.1. The zero-order valence-corrected chi connectivity index (χ0v) is 10.7. The fourth-order valence-electron chi connectivity index (χ4n) is 1.56. The second kappa shape index (κ2) is 6.27. The lowest BCUT2D eigenvalue weighted by atomic mass is 10.1. The van der Waals surface area contributed by atoms with E-state index in [4.69, 9.17) is 10.9 Å². The average molecular weight is 289 g/mol. The van der Waals surface area contributed by atoms with Gasteiger partial charge in [-0.05, 0) is 12.1 Å². The van der Waals surface area contributed by atoms with Crippen LogP contribution < -0.4 is 5.73 Å². The lowest BCUT2D eigenvalue weighted by Crippen LogP contribution is -2.32. The third-order valence-corrected chi connectivity index (χ3v) is 2.64. The number of benzene rings is 1. The van der Waals surface area contributed by atoms with Crippen LogP contribution >= 0.6 is 0 Å². The number of amidine groups is 1. The van der Waals surface area contributed by atoms with Crippen molar-refractivity contribution in [1.82, 2.24) is 4.90 Å². The second-order valence-corrected chi connectivity index (χ2v) is 4.11. The van der Waals surface area contributed by atoms with Crippen molar-refractivity contribution in [3.63, 3.8) is 0 Å². The van der Waals surface area contributed by atoms with Crippen molar-refractivity contribution in [1.29, 1.82) is 0 Å². The molecule has 0 atom stereocenters. The van der Waals surface area contributed by atoms with Crippen LogP contribution in [-0.2, 0) is 6.18 Å². The average Bonchev–Trinajstić information content (AvgIpc) is 2.42. The van der Waals surface area contributed by atoms with Gasteiger partial charge < -0.3 is 15.8 Å². The van der Waals surface area contributed by atoms with Crippen LogP contribution in [0.3, 0.4) is 0 Å². The van der Waals surface area contributed by atoms with Gasteiger partial charge in [-0.1, -0.05) is 17.3 Å². The largest absolute Gasteiger partial charge is 0.417 e. The third kappa shape index (κ3) is 3.87. The molecule has 0 saturated carbocycles. The van der Waals surface area contributed by atoms with Crippen molar-refractivity contribution in [3.8, 4) is 0 Å². The molecule has 0 spiro atoms. The summed E-state index contributed by atoms with van der Waals surface area (Å²) in [4.78, 5) is 13.1. The lowest BCUT2D eigenvalue weighted by Gasteiger charge is -2.19. The van der Waals surface area contributed by atoms with Crippen molar-refractivity contribution >= 4 is 11.7 Å². The fourth-order valence-corrected chi connectivity index (χ4v) is 1.56. The Morgan fingerprint density at radius 1 is 1.40 bits per heavy atom. The number of amides is 1. The summed E-state index contributed by atoms with van der Waals surface area (Å²) in [5.74, 6) is -0.877. The zero-order valence-electron chi connectivity index (χ0n) is 10.7. The minimum absolute atomic E-state index is 0.0426. The molecule has 0 aromatic heterocycles. The maximum absolute atomic E-state index is 12.8. The van der Waals surface area contributed by atoms with Gasteiger partial charge in [0.25, 0.3) is 5.91 Å². The molecule has 0 heterocycles. The van der Waals surface area contributed by atoms with Gasteiger partial charge in [0.15, 0.2) is 0 Å². The lowest BCUT2D eigenvalue weighted by molar-refractivity contribution is -0.138. The predicted octanol–water partition coefficient (Wildman–Crippen LogP) is 1.91. The molecule has 20 heavy (non-hydrogen) atoms. The Balaban J connectivity index is 2.92. The molecule has 0 saturated heterocycles. The molecule has 0 bridgehead atoms. The summed E-state index contributed by atoms with van der Waals surface area (Å²) in [6, 6.07) is 4.55. The molecule has 5 nitrogen and oxygen atoms in total. The summed E-state index contributed by atoms with van der Waals surface area (Å²) >= 11 is 0. The van der Waals surface area contributed by atoms with Gasteiger partial charge in [-0.3, -0.25) is 4.79 Å². The van der Waals surface area contributed by atoms with E-state index in [2.05, 4.69) is 5.16 Å². The number of nitrogens with zero attached hydrogens (tertiary/aromatic N) is 2. The first-order chi connectivity index (χ1) is 9.27. The van der Waals surface area contributed by atoms with Crippen molar-refractivity contribution < 1.29 is 23.2 Å². The molecule has 0 aliphatic rings. The van der Waals surface area contributed by atoms with Crippen LogP contribution in [0.25, 0.3) is 0 Å². The number of hydrogen-bond donors (Lipinski definition) is 2. The number of hydrogen-bond acceptors (Lipinski definition) is 3. The standard InChI is InChI=1S/C12H14F3N3O2/c1-18(7-6-10(16)17-20)11(19)8-4-2-3-5-9(8)12(13,14)15/h2-5,20H,6-7H2,1H3,(H2,16,17). The van der Waals surface area contributed by atoms with E-state index >= 15 is 0 Å². The van der Waals surface area contributed by atoms with E-state index in [1.54, 1.807) is 0 Å². The Kier molecular flexibility index (Phi) is 4.95. The number of alkyl halides is 3. The van der Waals surface area contributed by atoms with Crippen LogP contribution in [0.5, 0.6) is 0 Å². The molecule has 1 aromatic rings. The van der Waals surface area contributed by atoms with E-state index in [0.717, 1.165) is 17.0 Å². The topological polar surface area (TPSA) is 78.9 Å². The van der Waals surface area contributed by atoms with Crippen LogP contribution in [0, 0.1) is 0 Å². The summed E-state index contributed by atoms with van der Waals surface area (Å²) in [6.45, 7) is 0.0426. The molecule has 0 aliphatic heterocycles. The number of carbonyl (C=O) groups excluding carboxylic acids is 1. The highest BCUT2D eigenvalue weighted by Crippen LogP contribution is 2.32. The Labute approximate surface area is 113 Å². The quantitative estimate of drug-likeness (QED) is 0.384. The second-order valence-electron chi connectivity index (χ2n) is 4.11. The van der Waals surface area contributed by atoms with Gasteiger partial charge >= 0.3 is 6.18 Å². The molecule has 3 N–H and O–H groups in total. The van der Waals surface area contributed by atoms with E-state index in [9.17, 15) is 18.0 Å². The van der Waals surface area contributed by atoms with Gasteiger partial charge in [-0.15, -0.1) is 0 Å². The zero-order chi connectivity index (χ0) is 15.3. The Hall–Kier alpha value is -2.25. The number of halogens is 3. The molecule has 110 valence electrons. The normalized spacial score (nSPS) is 12.3. The summed E-state index contributed by atoms with van der Waals surface area (Å²) in [6.07, 6.45) is -4.54. The van der Waals surface area contributed by atoms with Crippen molar-refractivity contribution in [3.05, 3.63) is 35.4 Å². The molecule has 1 aromatic carbocycles. The van der Waals surface area contributed by atoms with Crippen LogP contribution in [0.2, 0.25) is 0 Å². The summed E-state index contributed by atoms with van der Waals surface area (Å²) < 4.78 is 38.4. The predicted molar refractivity (Wildman–Crippen MR) is 66.4 cm³/mol. The highest BCUT2D eigenvalue weighted by Gasteiger charge is 2.35. The van der Waals surface area contributed by atoms with Crippen LogP contribution in [0.4, 0.5) is 13.2 Å². The number of nitrogens with two attached hydrogens (primary N) is 1. The SMILES string of the molecule is CN(CC/C(N)=N/O)C(=O)c1ccccc1C(F)(F)F. The minimum Gasteiger partial charge on any atom is -0.409 e. The highest BCUT2D eigenvalue weighted by atomic mass is 19.4. The molecular formula is C12H14F3N3O2. The van der Waals surface area contributed by atoms with E-state index in [-0.39, 0.29) is 18.8 Å². The van der Waals surface area contributed by atoms with E-state index in [0.29, 0.717) is 0 Å². The van der Waals surface area contributed by atoms with Crippen molar-refractivity contribution in [2.45, 2.75) is 12.6 Å². The van der Waals surface area contributed by atoms with E-state index in [1.165, 1.54) is 19.2 Å². The fraction of sp³-hybridized carbons (Fsp3) is 0.333. The molecule has 0 radical (unpaired) electrons. The molecule has 1 amide bonds. The minimum atomic E-state index is -4.60. The van der Waals surface area contributed by atoms with E-state index in [1.807, 2.05) is 0 Å². The smallest absolute Gasteiger partial charge is 0.409 e. The van der Waals surface area contributed by atoms with Crippen molar-refractivity contribution in [2.24, 2.45) is 10.9 Å². The molecule has 0 aliphatic carbocycles.